The first-order valence-corrected chi connectivity index (χ1v) is 11.3. The molecule has 8 heteroatoms. The predicted octanol–water partition coefficient (Wildman–Crippen LogP) is 3.35. The van der Waals surface area contributed by atoms with E-state index in [1.54, 1.807) is 7.05 Å². The molecule has 180 valence electrons. The molecule has 1 saturated heterocycles. The van der Waals surface area contributed by atoms with E-state index in [4.69, 9.17) is 14.2 Å². The summed E-state index contributed by atoms with van der Waals surface area (Å²) in [5.74, 6) is 0.660. The average molecular weight is 449 g/mol. The van der Waals surface area contributed by atoms with Crippen molar-refractivity contribution in [2.24, 2.45) is 4.99 Å². The van der Waals surface area contributed by atoms with Crippen molar-refractivity contribution in [1.82, 2.24) is 16.0 Å². The molecule has 1 heterocycles. The summed E-state index contributed by atoms with van der Waals surface area (Å²) in [6.45, 7) is 12.7. The Kier molecular flexibility index (Phi) is 9.78. The molecule has 1 amide bonds. The highest BCUT2D eigenvalue weighted by Crippen LogP contribution is 2.14. The van der Waals surface area contributed by atoms with Crippen molar-refractivity contribution in [3.05, 3.63) is 35.4 Å². The van der Waals surface area contributed by atoms with Gasteiger partial charge in [0.2, 0.25) is 0 Å². The lowest BCUT2D eigenvalue weighted by molar-refractivity contribution is -0.0390. The molecule has 8 nitrogen and oxygen atoms in total. The van der Waals surface area contributed by atoms with Crippen LogP contribution in [0.5, 0.6) is 0 Å². The molecule has 1 aromatic rings. The van der Waals surface area contributed by atoms with Crippen LogP contribution in [0, 0.1) is 0 Å². The van der Waals surface area contributed by atoms with Crippen LogP contribution in [0.1, 0.15) is 58.6 Å². The van der Waals surface area contributed by atoms with Gasteiger partial charge in [-0.1, -0.05) is 24.3 Å². The number of hydrogen-bond donors (Lipinski definition) is 3. The first-order valence-electron chi connectivity index (χ1n) is 11.3. The summed E-state index contributed by atoms with van der Waals surface area (Å²) in [6.07, 6.45) is 1.77. The van der Waals surface area contributed by atoms with Crippen LogP contribution < -0.4 is 16.0 Å². The van der Waals surface area contributed by atoms with E-state index in [9.17, 15) is 4.79 Å². The van der Waals surface area contributed by atoms with Crippen LogP contribution >= 0.6 is 0 Å². The minimum atomic E-state index is -0.532. The third kappa shape index (κ3) is 10.3. The third-order valence-electron chi connectivity index (χ3n) is 4.87. The van der Waals surface area contributed by atoms with Gasteiger partial charge in [-0.3, -0.25) is 4.99 Å². The second kappa shape index (κ2) is 12.1. The largest absolute Gasteiger partial charge is 0.444 e. The Bertz CT molecular complexity index is 753. The number of benzene rings is 1. The van der Waals surface area contributed by atoms with Gasteiger partial charge in [0.1, 0.15) is 5.60 Å². The highest BCUT2D eigenvalue weighted by Gasteiger charge is 2.24. The molecule has 0 spiro atoms. The lowest BCUT2D eigenvalue weighted by Gasteiger charge is -2.29. The van der Waals surface area contributed by atoms with E-state index in [0.29, 0.717) is 25.7 Å². The summed E-state index contributed by atoms with van der Waals surface area (Å²) in [7, 11) is 1.72. The molecule has 0 saturated carbocycles. The molecule has 0 aliphatic carbocycles. The number of amides is 1. The van der Waals surface area contributed by atoms with E-state index in [-0.39, 0.29) is 6.10 Å². The Labute approximate surface area is 192 Å². The van der Waals surface area contributed by atoms with Gasteiger partial charge < -0.3 is 30.2 Å². The van der Waals surface area contributed by atoms with Gasteiger partial charge in [0.25, 0.3) is 0 Å². The van der Waals surface area contributed by atoms with Crippen LogP contribution in [-0.4, -0.2) is 56.1 Å². The molecule has 0 atom stereocenters. The van der Waals surface area contributed by atoms with Gasteiger partial charge in [-0.2, -0.15) is 0 Å². The molecule has 1 aliphatic rings. The number of rotatable bonds is 8. The van der Waals surface area contributed by atoms with Crippen molar-refractivity contribution in [1.29, 1.82) is 0 Å². The molecular formula is C24H40N4O4. The van der Waals surface area contributed by atoms with Gasteiger partial charge in [0, 0.05) is 33.4 Å². The first-order chi connectivity index (χ1) is 15.1. The van der Waals surface area contributed by atoms with Crippen molar-refractivity contribution in [3.63, 3.8) is 0 Å². The Morgan fingerprint density at radius 2 is 1.81 bits per heavy atom. The quantitative estimate of drug-likeness (QED) is 0.417. The fourth-order valence-corrected chi connectivity index (χ4v) is 3.22. The standard InChI is InChI=1S/C24H40N4O4/c1-23(2,3)32-22(29)28-24(4,5)17-27-21(25-6)26-15-18-8-7-9-19(14-18)16-31-20-10-12-30-13-11-20/h7-9,14,20H,10-13,15-17H2,1-6H3,(H,28,29)(H2,25,26,27). The molecule has 3 N–H and O–H groups in total. The summed E-state index contributed by atoms with van der Waals surface area (Å²) < 4.78 is 16.8. The van der Waals surface area contributed by atoms with E-state index < -0.39 is 17.2 Å². The summed E-state index contributed by atoms with van der Waals surface area (Å²) in [4.78, 5) is 16.3. The number of ether oxygens (including phenoxy) is 3. The van der Waals surface area contributed by atoms with Crippen molar-refractivity contribution >= 4 is 12.1 Å². The van der Waals surface area contributed by atoms with Crippen LogP contribution in [-0.2, 0) is 27.4 Å². The lowest BCUT2D eigenvalue weighted by atomic mass is 10.1. The third-order valence-corrected chi connectivity index (χ3v) is 4.87. The SMILES string of the molecule is CN=C(NCc1cccc(COC2CCOCC2)c1)NCC(C)(C)NC(=O)OC(C)(C)C. The molecule has 0 radical (unpaired) electrons. The Morgan fingerprint density at radius 3 is 2.47 bits per heavy atom. The summed E-state index contributed by atoms with van der Waals surface area (Å²) in [5, 5.41) is 9.47. The fourth-order valence-electron chi connectivity index (χ4n) is 3.22. The molecular weight excluding hydrogens is 408 g/mol. The van der Waals surface area contributed by atoms with Gasteiger partial charge >= 0.3 is 6.09 Å². The van der Waals surface area contributed by atoms with E-state index in [1.807, 2.05) is 40.7 Å². The smallest absolute Gasteiger partial charge is 0.408 e. The summed E-state index contributed by atoms with van der Waals surface area (Å²) in [5.41, 5.74) is 1.25. The number of nitrogens with one attached hydrogen (secondary N) is 3. The minimum absolute atomic E-state index is 0.284. The molecule has 0 aromatic heterocycles. The van der Waals surface area contributed by atoms with Gasteiger partial charge in [-0.05, 0) is 58.6 Å². The number of carbonyl (C=O) groups is 1. The van der Waals surface area contributed by atoms with Gasteiger partial charge in [-0.15, -0.1) is 0 Å². The van der Waals surface area contributed by atoms with Crippen molar-refractivity contribution in [2.45, 2.75) is 77.9 Å². The van der Waals surface area contributed by atoms with Crippen molar-refractivity contribution < 1.29 is 19.0 Å². The van der Waals surface area contributed by atoms with E-state index >= 15 is 0 Å². The average Bonchev–Trinajstić information content (AvgIpc) is 2.71. The van der Waals surface area contributed by atoms with E-state index in [2.05, 4.69) is 39.1 Å². The highest BCUT2D eigenvalue weighted by molar-refractivity contribution is 5.79. The van der Waals surface area contributed by atoms with Gasteiger partial charge in [0.15, 0.2) is 5.96 Å². The molecule has 1 aromatic carbocycles. The Morgan fingerprint density at radius 1 is 1.12 bits per heavy atom. The van der Waals surface area contributed by atoms with Gasteiger partial charge in [0.05, 0.1) is 18.2 Å². The molecule has 0 unspecified atom stereocenters. The zero-order valence-corrected chi connectivity index (χ0v) is 20.4. The molecule has 1 fully saturated rings. The number of hydrogen-bond acceptors (Lipinski definition) is 5. The second-order valence-corrected chi connectivity index (χ2v) is 9.73. The minimum Gasteiger partial charge on any atom is -0.444 e. The summed E-state index contributed by atoms with van der Waals surface area (Å²) in [6, 6.07) is 8.35. The molecule has 1 aliphatic heterocycles. The van der Waals surface area contributed by atoms with Crippen LogP contribution in [0.4, 0.5) is 4.79 Å². The topological polar surface area (TPSA) is 93.2 Å². The molecule has 32 heavy (non-hydrogen) atoms. The van der Waals surface area contributed by atoms with Gasteiger partial charge in [-0.25, -0.2) is 4.79 Å². The number of guanidine groups is 1. The summed E-state index contributed by atoms with van der Waals surface area (Å²) >= 11 is 0. The Balaban J connectivity index is 1.78. The fraction of sp³-hybridized carbons (Fsp3) is 0.667. The van der Waals surface area contributed by atoms with Crippen LogP contribution in [0.25, 0.3) is 0 Å². The first kappa shape index (κ1) is 25.9. The Hall–Kier alpha value is -2.32. The number of nitrogens with zero attached hydrogens (tertiary/aromatic N) is 1. The maximum atomic E-state index is 12.1. The zero-order valence-electron chi connectivity index (χ0n) is 20.4. The maximum Gasteiger partial charge on any atom is 0.408 e. The number of alkyl carbamates (subject to hydrolysis) is 1. The van der Waals surface area contributed by atoms with E-state index in [1.165, 1.54) is 0 Å². The van der Waals surface area contributed by atoms with Crippen LogP contribution in [0.2, 0.25) is 0 Å². The normalized spacial score (nSPS) is 15.9. The van der Waals surface area contributed by atoms with Crippen molar-refractivity contribution in [2.75, 3.05) is 26.8 Å². The van der Waals surface area contributed by atoms with Crippen LogP contribution in [0.15, 0.2) is 29.3 Å². The van der Waals surface area contributed by atoms with Crippen LogP contribution in [0.3, 0.4) is 0 Å². The zero-order chi connectivity index (χ0) is 23.6. The van der Waals surface area contributed by atoms with E-state index in [0.717, 1.165) is 37.2 Å². The monoisotopic (exact) mass is 448 g/mol. The predicted molar refractivity (Wildman–Crippen MR) is 127 cm³/mol. The molecule has 0 bridgehead atoms. The highest BCUT2D eigenvalue weighted by atomic mass is 16.6. The maximum absolute atomic E-state index is 12.1. The lowest BCUT2D eigenvalue weighted by Crippen LogP contribution is -2.54. The molecule has 2 rings (SSSR count). The second-order valence-electron chi connectivity index (χ2n) is 9.73. The number of aliphatic imine (C=N–C) groups is 1. The van der Waals surface area contributed by atoms with Crippen molar-refractivity contribution in [3.8, 4) is 0 Å². The number of carbonyl (C=O) groups excluding carboxylic acids is 1.